The minimum Gasteiger partial charge on any atom is -0.478 e. The number of rotatable bonds is 3. The van der Waals surface area contributed by atoms with E-state index in [0.717, 1.165) is 11.2 Å². The number of fused-ring (bicyclic) bond motifs is 1. The van der Waals surface area contributed by atoms with Crippen LogP contribution in [-0.2, 0) is 0 Å². The van der Waals surface area contributed by atoms with E-state index < -0.39 is 5.97 Å². The van der Waals surface area contributed by atoms with Crippen LogP contribution in [0.2, 0.25) is 0 Å². The number of aromatic carboxylic acids is 1. The number of nitrogens with one attached hydrogen (secondary N) is 1. The molecular weight excluding hydrogens is 216 g/mol. The fourth-order valence-electron chi connectivity index (χ4n) is 1.63. The topological polar surface area (TPSA) is 62.2 Å². The molecule has 4 nitrogen and oxygen atoms in total. The van der Waals surface area contributed by atoms with Gasteiger partial charge in [0.25, 0.3) is 0 Å². The Labute approximate surface area is 99.3 Å². The van der Waals surface area contributed by atoms with Crippen LogP contribution in [0.3, 0.4) is 0 Å². The summed E-state index contributed by atoms with van der Waals surface area (Å²) in [6.07, 6.45) is 0. The van der Waals surface area contributed by atoms with Crippen LogP contribution in [-0.4, -0.2) is 22.1 Å². The first-order valence-electron chi connectivity index (χ1n) is 5.47. The Morgan fingerprint density at radius 1 is 1.29 bits per heavy atom. The van der Waals surface area contributed by atoms with Crippen LogP contribution in [0.1, 0.15) is 24.2 Å². The monoisotopic (exact) mass is 230 g/mol. The van der Waals surface area contributed by atoms with Gasteiger partial charge in [-0.15, -0.1) is 0 Å². The zero-order chi connectivity index (χ0) is 12.4. The average molecular weight is 230 g/mol. The third-order valence-corrected chi connectivity index (χ3v) is 2.38. The zero-order valence-corrected chi connectivity index (χ0v) is 9.77. The summed E-state index contributed by atoms with van der Waals surface area (Å²) in [6, 6.07) is 9.06. The number of hydrogen-bond donors (Lipinski definition) is 2. The molecule has 0 radical (unpaired) electrons. The summed E-state index contributed by atoms with van der Waals surface area (Å²) in [4.78, 5) is 15.2. The first-order valence-corrected chi connectivity index (χ1v) is 5.47. The van der Waals surface area contributed by atoms with Gasteiger partial charge in [-0.3, -0.25) is 0 Å². The number of aromatic nitrogens is 1. The molecular formula is C13H14N2O2. The van der Waals surface area contributed by atoms with Crippen LogP contribution in [0.4, 0.5) is 5.82 Å². The molecule has 0 aliphatic heterocycles. The number of hydrogen-bond acceptors (Lipinski definition) is 3. The van der Waals surface area contributed by atoms with Gasteiger partial charge in [-0.05, 0) is 38.1 Å². The molecule has 0 amide bonds. The number of carboxylic acid groups (broad SMARTS) is 1. The van der Waals surface area contributed by atoms with E-state index in [-0.39, 0.29) is 5.56 Å². The summed E-state index contributed by atoms with van der Waals surface area (Å²) in [5.41, 5.74) is 0.947. The van der Waals surface area contributed by atoms with E-state index in [1.807, 2.05) is 26.0 Å². The quantitative estimate of drug-likeness (QED) is 0.851. The van der Waals surface area contributed by atoms with Crippen LogP contribution in [0, 0.1) is 0 Å². The molecule has 0 aliphatic carbocycles. The van der Waals surface area contributed by atoms with Gasteiger partial charge in [0, 0.05) is 11.4 Å². The number of pyridine rings is 1. The molecule has 0 aliphatic rings. The first-order chi connectivity index (χ1) is 8.06. The fourth-order valence-corrected chi connectivity index (χ4v) is 1.63. The lowest BCUT2D eigenvalue weighted by Crippen LogP contribution is -2.10. The molecule has 0 saturated heterocycles. The summed E-state index contributed by atoms with van der Waals surface area (Å²) in [5.74, 6) is -0.175. The minimum absolute atomic E-state index is 0.256. The normalized spacial score (nSPS) is 10.8. The lowest BCUT2D eigenvalue weighted by Gasteiger charge is -2.09. The van der Waals surface area contributed by atoms with Crippen molar-refractivity contribution in [1.29, 1.82) is 0 Å². The predicted octanol–water partition coefficient (Wildman–Crippen LogP) is 2.75. The van der Waals surface area contributed by atoms with Gasteiger partial charge in [-0.1, -0.05) is 6.07 Å². The van der Waals surface area contributed by atoms with Gasteiger partial charge in [-0.2, -0.15) is 0 Å². The number of carbonyl (C=O) groups is 1. The largest absolute Gasteiger partial charge is 0.478 e. The summed E-state index contributed by atoms with van der Waals surface area (Å²) in [7, 11) is 0. The van der Waals surface area contributed by atoms with Crippen LogP contribution in [0.5, 0.6) is 0 Å². The van der Waals surface area contributed by atoms with Crippen LogP contribution in [0.25, 0.3) is 10.9 Å². The smallest absolute Gasteiger partial charge is 0.335 e. The molecule has 1 heterocycles. The SMILES string of the molecule is CC(C)Nc1ccc2ccc(C(=O)O)cc2n1. The van der Waals surface area contributed by atoms with E-state index in [1.54, 1.807) is 18.2 Å². The van der Waals surface area contributed by atoms with Gasteiger partial charge in [0.2, 0.25) is 0 Å². The van der Waals surface area contributed by atoms with Gasteiger partial charge >= 0.3 is 5.97 Å². The summed E-state index contributed by atoms with van der Waals surface area (Å²) < 4.78 is 0. The Morgan fingerprint density at radius 3 is 2.65 bits per heavy atom. The third kappa shape index (κ3) is 2.53. The average Bonchev–Trinajstić information content (AvgIpc) is 2.27. The molecule has 88 valence electrons. The van der Waals surface area contributed by atoms with Gasteiger partial charge in [0.05, 0.1) is 11.1 Å². The van der Waals surface area contributed by atoms with Crippen molar-refractivity contribution in [3.8, 4) is 0 Å². The van der Waals surface area contributed by atoms with Crippen molar-refractivity contribution < 1.29 is 9.90 Å². The molecule has 2 rings (SSSR count). The molecule has 2 aromatic rings. The summed E-state index contributed by atoms with van der Waals surface area (Å²) in [6.45, 7) is 4.05. The van der Waals surface area contributed by atoms with E-state index in [1.165, 1.54) is 0 Å². The number of anilines is 1. The molecule has 0 atom stereocenters. The van der Waals surface area contributed by atoms with Crippen molar-refractivity contribution in [1.82, 2.24) is 4.98 Å². The maximum atomic E-state index is 10.9. The number of nitrogens with zero attached hydrogens (tertiary/aromatic N) is 1. The van der Waals surface area contributed by atoms with Crippen molar-refractivity contribution in [2.24, 2.45) is 0 Å². The van der Waals surface area contributed by atoms with Gasteiger partial charge in [-0.25, -0.2) is 9.78 Å². The molecule has 0 unspecified atom stereocenters. The lowest BCUT2D eigenvalue weighted by atomic mass is 10.1. The predicted molar refractivity (Wildman–Crippen MR) is 67.5 cm³/mol. The molecule has 0 bridgehead atoms. The Hall–Kier alpha value is -2.10. The molecule has 4 heteroatoms. The van der Waals surface area contributed by atoms with Gasteiger partial charge in [0.15, 0.2) is 0 Å². The highest BCUT2D eigenvalue weighted by atomic mass is 16.4. The number of carboxylic acids is 1. The van der Waals surface area contributed by atoms with E-state index in [2.05, 4.69) is 10.3 Å². The highest BCUT2D eigenvalue weighted by molar-refractivity contribution is 5.93. The standard InChI is InChI=1S/C13H14N2O2/c1-8(2)14-12-6-5-9-3-4-10(13(16)17)7-11(9)15-12/h3-8H,1-2H3,(H,14,15)(H,16,17). The highest BCUT2D eigenvalue weighted by Crippen LogP contribution is 2.17. The zero-order valence-electron chi connectivity index (χ0n) is 9.77. The lowest BCUT2D eigenvalue weighted by molar-refractivity contribution is 0.0697. The highest BCUT2D eigenvalue weighted by Gasteiger charge is 2.05. The first kappa shape index (κ1) is 11.4. The minimum atomic E-state index is -0.934. The maximum Gasteiger partial charge on any atom is 0.335 e. The summed E-state index contributed by atoms with van der Waals surface area (Å²) in [5, 5.41) is 13.0. The van der Waals surface area contributed by atoms with Crippen molar-refractivity contribution in [2.75, 3.05) is 5.32 Å². The molecule has 0 fully saturated rings. The second-order valence-electron chi connectivity index (χ2n) is 4.21. The molecule has 2 N–H and O–H groups in total. The van der Waals surface area contributed by atoms with E-state index >= 15 is 0 Å². The second-order valence-corrected chi connectivity index (χ2v) is 4.21. The van der Waals surface area contributed by atoms with E-state index in [0.29, 0.717) is 11.6 Å². The molecule has 0 saturated carbocycles. The van der Waals surface area contributed by atoms with Crippen molar-refractivity contribution in [3.05, 3.63) is 35.9 Å². The Morgan fingerprint density at radius 2 is 2.00 bits per heavy atom. The van der Waals surface area contributed by atoms with E-state index in [9.17, 15) is 4.79 Å². The fraction of sp³-hybridized carbons (Fsp3) is 0.231. The Bertz CT molecular complexity index is 564. The van der Waals surface area contributed by atoms with Crippen molar-refractivity contribution in [3.63, 3.8) is 0 Å². The molecule has 1 aromatic heterocycles. The van der Waals surface area contributed by atoms with Crippen LogP contribution in [0.15, 0.2) is 30.3 Å². The van der Waals surface area contributed by atoms with Crippen LogP contribution >= 0.6 is 0 Å². The van der Waals surface area contributed by atoms with Crippen molar-refractivity contribution in [2.45, 2.75) is 19.9 Å². The molecule has 17 heavy (non-hydrogen) atoms. The molecule has 1 aromatic carbocycles. The third-order valence-electron chi connectivity index (χ3n) is 2.38. The summed E-state index contributed by atoms with van der Waals surface area (Å²) >= 11 is 0. The Kier molecular flexibility index (Phi) is 2.95. The Balaban J connectivity index is 2.47. The molecule has 0 spiro atoms. The van der Waals surface area contributed by atoms with Gasteiger partial charge in [0.1, 0.15) is 5.82 Å². The second kappa shape index (κ2) is 4.41. The van der Waals surface area contributed by atoms with Crippen LogP contribution < -0.4 is 5.32 Å². The maximum absolute atomic E-state index is 10.9. The van der Waals surface area contributed by atoms with Crippen molar-refractivity contribution >= 4 is 22.7 Å². The van der Waals surface area contributed by atoms with E-state index in [4.69, 9.17) is 5.11 Å². The number of benzene rings is 1. The van der Waals surface area contributed by atoms with Gasteiger partial charge < -0.3 is 10.4 Å².